The van der Waals surface area contributed by atoms with Crippen molar-refractivity contribution in [2.24, 2.45) is 5.92 Å². The molecule has 0 spiro atoms. The number of rotatable bonds is 3. The molecule has 0 aromatic carbocycles. The molecule has 17 heavy (non-hydrogen) atoms. The Labute approximate surface area is 105 Å². The van der Waals surface area contributed by atoms with Gasteiger partial charge in [-0.25, -0.2) is 0 Å². The number of carbonyl (C=O) groups excluding carboxylic acids is 1. The molecule has 0 bridgehead atoms. The Balaban J connectivity index is 1.92. The lowest BCUT2D eigenvalue weighted by atomic mass is 9.82. The van der Waals surface area contributed by atoms with Crippen LogP contribution in [0.25, 0.3) is 0 Å². The van der Waals surface area contributed by atoms with Crippen molar-refractivity contribution in [2.45, 2.75) is 70.4 Å². The van der Waals surface area contributed by atoms with E-state index in [9.17, 15) is 4.79 Å². The van der Waals surface area contributed by atoms with E-state index < -0.39 is 0 Å². The Morgan fingerprint density at radius 3 is 2.76 bits per heavy atom. The highest BCUT2D eigenvalue weighted by atomic mass is 16.2. The predicted molar refractivity (Wildman–Crippen MR) is 69.8 cm³/mol. The van der Waals surface area contributed by atoms with Crippen molar-refractivity contribution in [3.8, 4) is 0 Å². The van der Waals surface area contributed by atoms with Crippen LogP contribution in [0.1, 0.15) is 58.8 Å². The average molecular weight is 238 g/mol. The summed E-state index contributed by atoms with van der Waals surface area (Å²) >= 11 is 0. The molecule has 2 fully saturated rings. The first kappa shape index (κ1) is 12.9. The normalized spacial score (nSPS) is 38.0. The van der Waals surface area contributed by atoms with Gasteiger partial charge in [-0.1, -0.05) is 26.2 Å². The van der Waals surface area contributed by atoms with Crippen molar-refractivity contribution in [2.75, 3.05) is 6.54 Å². The van der Waals surface area contributed by atoms with Crippen molar-refractivity contribution < 1.29 is 4.79 Å². The van der Waals surface area contributed by atoms with Gasteiger partial charge in [-0.15, -0.1) is 0 Å². The van der Waals surface area contributed by atoms with Gasteiger partial charge in [0.15, 0.2) is 0 Å². The summed E-state index contributed by atoms with van der Waals surface area (Å²) < 4.78 is 0. The largest absolute Gasteiger partial charge is 0.351 e. The smallest absolute Gasteiger partial charge is 0.240 e. The summed E-state index contributed by atoms with van der Waals surface area (Å²) in [6.07, 6.45) is 8.33. The van der Waals surface area contributed by atoms with Crippen molar-refractivity contribution in [1.29, 1.82) is 0 Å². The average Bonchev–Trinajstić information content (AvgIpc) is 2.78. The van der Waals surface area contributed by atoms with Gasteiger partial charge < -0.3 is 10.6 Å². The van der Waals surface area contributed by atoms with E-state index in [4.69, 9.17) is 0 Å². The summed E-state index contributed by atoms with van der Waals surface area (Å²) in [4.78, 5) is 12.3. The summed E-state index contributed by atoms with van der Waals surface area (Å²) in [5.74, 6) is 0.915. The molecule has 1 aliphatic heterocycles. The van der Waals surface area contributed by atoms with E-state index in [0.29, 0.717) is 12.0 Å². The fraction of sp³-hybridized carbons (Fsp3) is 0.929. The van der Waals surface area contributed by atoms with Crippen LogP contribution in [0.3, 0.4) is 0 Å². The van der Waals surface area contributed by atoms with Crippen LogP contribution in [0.2, 0.25) is 0 Å². The Hall–Kier alpha value is -0.570. The minimum atomic E-state index is -0.310. The zero-order valence-electron chi connectivity index (χ0n) is 11.2. The number of hydrogen-bond acceptors (Lipinski definition) is 2. The first-order valence-electron chi connectivity index (χ1n) is 7.22. The van der Waals surface area contributed by atoms with Crippen molar-refractivity contribution in [3.63, 3.8) is 0 Å². The van der Waals surface area contributed by atoms with Gasteiger partial charge >= 0.3 is 0 Å². The second kappa shape index (κ2) is 5.38. The molecule has 2 rings (SSSR count). The molecule has 3 heteroatoms. The molecule has 1 aliphatic carbocycles. The summed E-state index contributed by atoms with van der Waals surface area (Å²) in [6.45, 7) is 5.26. The van der Waals surface area contributed by atoms with Crippen molar-refractivity contribution in [3.05, 3.63) is 0 Å². The minimum Gasteiger partial charge on any atom is -0.351 e. The predicted octanol–water partition coefficient (Wildman–Crippen LogP) is 2.21. The Kier molecular flexibility index (Phi) is 4.08. The quantitative estimate of drug-likeness (QED) is 0.791. The monoisotopic (exact) mass is 238 g/mol. The standard InChI is InChI=1S/C14H26N2O/c1-3-11-7-4-5-8-12(11)16-13(17)14(2)9-6-10-15-14/h11-12,15H,3-10H2,1-2H3,(H,16,17). The summed E-state index contributed by atoms with van der Waals surface area (Å²) in [5, 5.41) is 6.64. The van der Waals surface area contributed by atoms with Gasteiger partial charge in [-0.2, -0.15) is 0 Å². The fourth-order valence-electron chi connectivity index (χ4n) is 3.30. The maximum Gasteiger partial charge on any atom is 0.240 e. The molecular weight excluding hydrogens is 212 g/mol. The summed E-state index contributed by atoms with van der Waals surface area (Å²) in [6, 6.07) is 0.417. The van der Waals surface area contributed by atoms with Crippen LogP contribution in [-0.4, -0.2) is 24.0 Å². The summed E-state index contributed by atoms with van der Waals surface area (Å²) in [7, 11) is 0. The van der Waals surface area contributed by atoms with Crippen molar-refractivity contribution >= 4 is 5.91 Å². The molecule has 3 nitrogen and oxygen atoms in total. The van der Waals surface area contributed by atoms with Crippen LogP contribution >= 0.6 is 0 Å². The molecule has 3 unspecified atom stereocenters. The van der Waals surface area contributed by atoms with E-state index in [1.54, 1.807) is 0 Å². The third-order valence-corrected chi connectivity index (χ3v) is 4.62. The second-order valence-corrected chi connectivity index (χ2v) is 5.90. The molecule has 1 amide bonds. The van der Waals surface area contributed by atoms with Crippen LogP contribution in [0.15, 0.2) is 0 Å². The van der Waals surface area contributed by atoms with E-state index in [-0.39, 0.29) is 11.4 Å². The molecule has 0 aromatic heterocycles. The number of hydrogen-bond donors (Lipinski definition) is 2. The lowest BCUT2D eigenvalue weighted by Crippen LogP contribution is -2.55. The van der Waals surface area contributed by atoms with Crippen molar-refractivity contribution in [1.82, 2.24) is 10.6 Å². The van der Waals surface area contributed by atoms with E-state index in [1.807, 2.05) is 6.92 Å². The molecule has 1 saturated carbocycles. The fourth-order valence-corrected chi connectivity index (χ4v) is 3.30. The molecule has 3 atom stereocenters. The topological polar surface area (TPSA) is 41.1 Å². The maximum absolute atomic E-state index is 12.3. The van der Waals surface area contributed by atoms with Gasteiger partial charge in [0.2, 0.25) is 5.91 Å². The highest BCUT2D eigenvalue weighted by Crippen LogP contribution is 2.28. The van der Waals surface area contributed by atoms with Crippen LogP contribution in [0.4, 0.5) is 0 Å². The first-order valence-corrected chi connectivity index (χ1v) is 7.22. The number of amides is 1. The molecule has 1 heterocycles. The third kappa shape index (κ3) is 2.82. The van der Waals surface area contributed by atoms with Gasteiger partial charge in [0.05, 0.1) is 5.54 Å². The van der Waals surface area contributed by atoms with Gasteiger partial charge in [-0.3, -0.25) is 4.79 Å². The van der Waals surface area contributed by atoms with E-state index in [1.165, 1.54) is 32.1 Å². The maximum atomic E-state index is 12.3. The molecule has 2 aliphatic rings. The molecule has 98 valence electrons. The second-order valence-electron chi connectivity index (χ2n) is 5.90. The Morgan fingerprint density at radius 1 is 1.35 bits per heavy atom. The SMILES string of the molecule is CCC1CCCCC1NC(=O)C1(C)CCCN1. The van der Waals surface area contributed by atoms with Gasteiger partial charge in [0.1, 0.15) is 0 Å². The Bertz CT molecular complexity index is 271. The zero-order valence-corrected chi connectivity index (χ0v) is 11.2. The number of nitrogens with one attached hydrogen (secondary N) is 2. The highest BCUT2D eigenvalue weighted by Gasteiger charge is 2.37. The van der Waals surface area contributed by atoms with E-state index >= 15 is 0 Å². The molecule has 2 N–H and O–H groups in total. The molecule has 0 aromatic rings. The van der Waals surface area contributed by atoms with Crippen LogP contribution in [-0.2, 0) is 4.79 Å². The van der Waals surface area contributed by atoms with Gasteiger partial charge in [0.25, 0.3) is 0 Å². The van der Waals surface area contributed by atoms with Crippen LogP contribution < -0.4 is 10.6 Å². The molecule has 1 saturated heterocycles. The van der Waals surface area contributed by atoms with Crippen LogP contribution in [0, 0.1) is 5.92 Å². The highest BCUT2D eigenvalue weighted by molar-refractivity contribution is 5.86. The molecule has 0 radical (unpaired) electrons. The minimum absolute atomic E-state index is 0.223. The zero-order chi connectivity index (χ0) is 12.3. The van der Waals surface area contributed by atoms with Gasteiger partial charge in [0, 0.05) is 6.04 Å². The number of carbonyl (C=O) groups is 1. The van der Waals surface area contributed by atoms with Gasteiger partial charge in [-0.05, 0) is 45.1 Å². The van der Waals surface area contributed by atoms with E-state index in [2.05, 4.69) is 17.6 Å². The van der Waals surface area contributed by atoms with Crippen LogP contribution in [0.5, 0.6) is 0 Å². The lowest BCUT2D eigenvalue weighted by Gasteiger charge is -2.34. The first-order chi connectivity index (χ1) is 8.15. The third-order valence-electron chi connectivity index (χ3n) is 4.62. The summed E-state index contributed by atoms with van der Waals surface area (Å²) in [5.41, 5.74) is -0.310. The Morgan fingerprint density at radius 2 is 2.12 bits per heavy atom. The molecular formula is C14H26N2O. The van der Waals surface area contributed by atoms with E-state index in [0.717, 1.165) is 19.4 Å². The lowest BCUT2D eigenvalue weighted by molar-refractivity contribution is -0.127.